The number of aliphatic hydroxyl groups excluding tert-OH is 1. The summed E-state index contributed by atoms with van der Waals surface area (Å²) in [5.41, 5.74) is 0. The predicted octanol–water partition coefficient (Wildman–Crippen LogP) is 1.24. The lowest BCUT2D eigenvalue weighted by Gasteiger charge is -2.27. The van der Waals surface area contributed by atoms with Crippen LogP contribution in [0.5, 0.6) is 0 Å². The first-order valence-electron chi connectivity index (χ1n) is 5.17. The maximum Gasteiger partial charge on any atom is 0.0583 e. The molecule has 1 aliphatic carbocycles. The molecule has 2 aliphatic rings. The maximum atomic E-state index is 9.74. The third-order valence-corrected chi connectivity index (χ3v) is 3.60. The van der Waals surface area contributed by atoms with Crippen LogP contribution in [-0.2, 0) is 0 Å². The van der Waals surface area contributed by atoms with E-state index in [2.05, 4.69) is 11.9 Å². The molecular weight excluding hydrogens is 150 g/mol. The number of hydrogen-bond donors (Lipinski definition) is 1. The quantitative estimate of drug-likeness (QED) is 0.638. The summed E-state index contributed by atoms with van der Waals surface area (Å²) in [4.78, 5) is 2.43. The van der Waals surface area contributed by atoms with E-state index in [-0.39, 0.29) is 6.10 Å². The zero-order valence-corrected chi connectivity index (χ0v) is 7.87. The van der Waals surface area contributed by atoms with Crippen LogP contribution in [0.25, 0.3) is 0 Å². The summed E-state index contributed by atoms with van der Waals surface area (Å²) < 4.78 is 0. The van der Waals surface area contributed by atoms with Gasteiger partial charge in [0.2, 0.25) is 0 Å². The molecule has 3 atom stereocenters. The van der Waals surface area contributed by atoms with Crippen LogP contribution in [0.3, 0.4) is 0 Å². The largest absolute Gasteiger partial charge is 0.393 e. The summed E-state index contributed by atoms with van der Waals surface area (Å²) in [6.45, 7) is 1.23. The average Bonchev–Trinajstić information content (AvgIpc) is 2.59. The molecular formula is C10H19NO. The minimum Gasteiger partial charge on any atom is -0.393 e. The van der Waals surface area contributed by atoms with Crippen molar-refractivity contribution >= 4 is 0 Å². The van der Waals surface area contributed by atoms with E-state index in [1.54, 1.807) is 0 Å². The molecule has 0 radical (unpaired) electrons. The van der Waals surface area contributed by atoms with E-state index >= 15 is 0 Å². The van der Waals surface area contributed by atoms with Gasteiger partial charge in [0.25, 0.3) is 0 Å². The van der Waals surface area contributed by atoms with Gasteiger partial charge >= 0.3 is 0 Å². The van der Waals surface area contributed by atoms with E-state index in [0.29, 0.717) is 12.0 Å². The van der Waals surface area contributed by atoms with Gasteiger partial charge < -0.3 is 10.0 Å². The lowest BCUT2D eigenvalue weighted by Crippen LogP contribution is -2.36. The summed E-state index contributed by atoms with van der Waals surface area (Å²) in [6, 6.07) is 0.683. The molecule has 3 unspecified atom stereocenters. The summed E-state index contributed by atoms with van der Waals surface area (Å²) in [5.74, 6) is 0.581. The van der Waals surface area contributed by atoms with Crippen LogP contribution in [0.4, 0.5) is 0 Å². The molecule has 1 saturated heterocycles. The number of nitrogens with zero attached hydrogens (tertiary/aromatic N) is 1. The maximum absolute atomic E-state index is 9.74. The molecule has 1 aliphatic heterocycles. The lowest BCUT2D eigenvalue weighted by atomic mass is 9.94. The second-order valence-electron chi connectivity index (χ2n) is 4.35. The molecule has 0 aromatic rings. The Kier molecular flexibility index (Phi) is 2.37. The first-order chi connectivity index (χ1) is 5.79. The molecule has 1 saturated carbocycles. The number of likely N-dealkylation sites (tertiary alicyclic amines) is 1. The van der Waals surface area contributed by atoms with Gasteiger partial charge in [-0.1, -0.05) is 6.42 Å². The standard InChI is InChI=1S/C10H19NO/c1-11-7-3-5-9(11)8-4-2-6-10(8)12/h8-10,12H,2-7H2,1H3. The van der Waals surface area contributed by atoms with E-state index in [1.165, 1.54) is 32.2 Å². The zero-order valence-electron chi connectivity index (χ0n) is 7.87. The van der Waals surface area contributed by atoms with Crippen molar-refractivity contribution in [2.24, 2.45) is 5.92 Å². The van der Waals surface area contributed by atoms with E-state index < -0.39 is 0 Å². The second kappa shape index (κ2) is 3.35. The smallest absolute Gasteiger partial charge is 0.0583 e. The van der Waals surface area contributed by atoms with Crippen LogP contribution in [0.1, 0.15) is 32.1 Å². The van der Waals surface area contributed by atoms with Gasteiger partial charge in [-0.15, -0.1) is 0 Å². The van der Waals surface area contributed by atoms with E-state index in [1.807, 2.05) is 0 Å². The van der Waals surface area contributed by atoms with Gasteiger partial charge in [0, 0.05) is 12.0 Å². The molecule has 12 heavy (non-hydrogen) atoms. The minimum atomic E-state index is -0.00412. The Bertz CT molecular complexity index is 142. The van der Waals surface area contributed by atoms with Crippen molar-refractivity contribution in [3.63, 3.8) is 0 Å². The van der Waals surface area contributed by atoms with Crippen molar-refractivity contribution in [1.29, 1.82) is 0 Å². The highest BCUT2D eigenvalue weighted by Gasteiger charge is 2.36. The Morgan fingerprint density at radius 2 is 2.00 bits per heavy atom. The van der Waals surface area contributed by atoms with Crippen LogP contribution in [0.15, 0.2) is 0 Å². The summed E-state index contributed by atoms with van der Waals surface area (Å²) in [7, 11) is 2.20. The van der Waals surface area contributed by atoms with E-state index in [4.69, 9.17) is 0 Å². The zero-order chi connectivity index (χ0) is 8.55. The number of aliphatic hydroxyl groups is 1. The molecule has 0 aromatic heterocycles. The Morgan fingerprint density at radius 1 is 1.17 bits per heavy atom. The highest BCUT2D eigenvalue weighted by atomic mass is 16.3. The Balaban J connectivity index is 1.98. The fourth-order valence-electron chi connectivity index (χ4n) is 2.89. The topological polar surface area (TPSA) is 23.5 Å². The van der Waals surface area contributed by atoms with Gasteiger partial charge in [-0.3, -0.25) is 0 Å². The van der Waals surface area contributed by atoms with Gasteiger partial charge in [-0.2, -0.15) is 0 Å². The molecule has 1 N–H and O–H groups in total. The van der Waals surface area contributed by atoms with Crippen LogP contribution in [-0.4, -0.2) is 35.7 Å². The van der Waals surface area contributed by atoms with Gasteiger partial charge in [0.1, 0.15) is 0 Å². The fourth-order valence-corrected chi connectivity index (χ4v) is 2.89. The third kappa shape index (κ3) is 1.38. The summed E-state index contributed by atoms with van der Waals surface area (Å²) >= 11 is 0. The average molecular weight is 169 g/mol. The molecule has 2 fully saturated rings. The molecule has 0 bridgehead atoms. The first-order valence-corrected chi connectivity index (χ1v) is 5.17. The predicted molar refractivity (Wildman–Crippen MR) is 49.0 cm³/mol. The molecule has 2 nitrogen and oxygen atoms in total. The Hall–Kier alpha value is -0.0800. The summed E-state index contributed by atoms with van der Waals surface area (Å²) in [5, 5.41) is 9.74. The van der Waals surface area contributed by atoms with E-state index in [0.717, 1.165) is 6.42 Å². The summed E-state index contributed by atoms with van der Waals surface area (Å²) in [6.07, 6.45) is 6.14. The van der Waals surface area contributed by atoms with Crippen molar-refractivity contribution in [2.45, 2.75) is 44.2 Å². The van der Waals surface area contributed by atoms with Crippen molar-refractivity contribution in [3.8, 4) is 0 Å². The van der Waals surface area contributed by atoms with Gasteiger partial charge in [0.15, 0.2) is 0 Å². The van der Waals surface area contributed by atoms with Crippen LogP contribution in [0, 0.1) is 5.92 Å². The van der Waals surface area contributed by atoms with Crippen LogP contribution in [0.2, 0.25) is 0 Å². The fraction of sp³-hybridized carbons (Fsp3) is 1.00. The van der Waals surface area contributed by atoms with E-state index in [9.17, 15) is 5.11 Å². The van der Waals surface area contributed by atoms with Gasteiger partial charge in [-0.05, 0) is 39.3 Å². The molecule has 70 valence electrons. The highest BCUT2D eigenvalue weighted by molar-refractivity contribution is 4.90. The number of hydrogen-bond acceptors (Lipinski definition) is 2. The Morgan fingerprint density at radius 3 is 2.50 bits per heavy atom. The molecule has 1 heterocycles. The highest BCUT2D eigenvalue weighted by Crippen LogP contribution is 2.34. The van der Waals surface area contributed by atoms with Crippen molar-refractivity contribution in [3.05, 3.63) is 0 Å². The first kappa shape index (κ1) is 8.52. The molecule has 2 heteroatoms. The van der Waals surface area contributed by atoms with Gasteiger partial charge in [-0.25, -0.2) is 0 Å². The number of rotatable bonds is 1. The third-order valence-electron chi connectivity index (χ3n) is 3.60. The van der Waals surface area contributed by atoms with Crippen LogP contribution < -0.4 is 0 Å². The molecule has 0 aromatic carbocycles. The minimum absolute atomic E-state index is 0.00412. The van der Waals surface area contributed by atoms with Crippen molar-refractivity contribution in [2.75, 3.05) is 13.6 Å². The lowest BCUT2D eigenvalue weighted by molar-refractivity contribution is 0.0838. The second-order valence-corrected chi connectivity index (χ2v) is 4.35. The molecule has 0 spiro atoms. The van der Waals surface area contributed by atoms with Crippen LogP contribution >= 0.6 is 0 Å². The normalized spacial score (nSPS) is 44.0. The van der Waals surface area contributed by atoms with Crippen molar-refractivity contribution < 1.29 is 5.11 Å². The SMILES string of the molecule is CN1CCCC1C1CCCC1O. The Labute approximate surface area is 74.6 Å². The van der Waals surface area contributed by atoms with Crippen molar-refractivity contribution in [1.82, 2.24) is 4.90 Å². The van der Waals surface area contributed by atoms with Gasteiger partial charge in [0.05, 0.1) is 6.10 Å². The molecule has 0 amide bonds. The monoisotopic (exact) mass is 169 g/mol. The molecule has 2 rings (SSSR count).